The van der Waals surface area contributed by atoms with Crippen LogP contribution < -0.4 is 0 Å². The number of aromatic nitrogens is 4. The molecule has 8 heteroatoms. The number of rotatable bonds is 5. The van der Waals surface area contributed by atoms with E-state index in [0.29, 0.717) is 33.8 Å². The molecule has 4 fully saturated rings. The van der Waals surface area contributed by atoms with Gasteiger partial charge in [-0.15, -0.1) is 0 Å². The number of hydrogen-bond donors (Lipinski definition) is 0. The summed E-state index contributed by atoms with van der Waals surface area (Å²) in [6, 6.07) is 6.14. The van der Waals surface area contributed by atoms with Gasteiger partial charge >= 0.3 is 0 Å². The van der Waals surface area contributed by atoms with Crippen LogP contribution in [0.15, 0.2) is 47.5 Å². The summed E-state index contributed by atoms with van der Waals surface area (Å²) in [6.45, 7) is 0.448. The van der Waals surface area contributed by atoms with Gasteiger partial charge in [0.2, 0.25) is 0 Å². The molecule has 4 aromatic heterocycles. The summed E-state index contributed by atoms with van der Waals surface area (Å²) in [5.74, 6) is 8.44. The van der Waals surface area contributed by atoms with Crippen molar-refractivity contribution in [1.29, 1.82) is 0 Å². The lowest BCUT2D eigenvalue weighted by atomic mass is 9.59. The van der Waals surface area contributed by atoms with Crippen molar-refractivity contribution < 1.29 is 9.26 Å². The second-order valence-electron chi connectivity index (χ2n) is 10.7. The number of nitrogens with zero attached hydrogens (tertiary/aromatic N) is 4. The van der Waals surface area contributed by atoms with Gasteiger partial charge in [-0.3, -0.25) is 4.98 Å². The average molecular weight is 533 g/mol. The maximum absolute atomic E-state index is 6.75. The number of pyridine rings is 2. The molecule has 0 spiro atoms. The Morgan fingerprint density at radius 2 is 1.81 bits per heavy atom. The third-order valence-corrected chi connectivity index (χ3v) is 9.00. The first-order valence-electron chi connectivity index (χ1n) is 12.9. The van der Waals surface area contributed by atoms with Crippen molar-refractivity contribution in [1.82, 2.24) is 19.8 Å². The van der Waals surface area contributed by atoms with E-state index < -0.39 is 0 Å². The minimum Gasteiger partial charge on any atom is -0.370 e. The molecule has 0 amide bonds. The minimum absolute atomic E-state index is 0.0805. The predicted octanol–water partition coefficient (Wildman–Crippen LogP) is 7.23. The molecule has 0 atom stereocenters. The summed E-state index contributed by atoms with van der Waals surface area (Å²) >= 11 is 13.0. The van der Waals surface area contributed by atoms with Crippen LogP contribution in [0, 0.1) is 17.3 Å². The second-order valence-corrected chi connectivity index (χ2v) is 11.6. The van der Waals surface area contributed by atoms with Crippen molar-refractivity contribution in [3.8, 4) is 23.1 Å². The van der Waals surface area contributed by atoms with Crippen LogP contribution in [0.3, 0.4) is 0 Å². The molecule has 0 unspecified atom stereocenters. The summed E-state index contributed by atoms with van der Waals surface area (Å²) in [5.41, 5.74) is 4.39. The lowest BCUT2D eigenvalue weighted by molar-refractivity contribution is -0.131. The highest BCUT2D eigenvalue weighted by molar-refractivity contribution is 6.38. The SMILES string of the molecule is Clc1cncc(Cl)c1-c1noc(C2CC2)c1COC12CCC(C#Cc3ccn4nccc4c3)(CC1)CC2. The standard InChI is InChI=1S/C29H26Cl2N4O2/c30-23-16-32-17-24(31)25(23)26-22(27(37-34-26)20-1-2-20)18-36-29-10-7-28(8-11-29,9-12-29)6-3-19-5-14-35-21(15-19)4-13-33-35/h4-5,13-17,20H,1-2,7-12,18H2. The van der Waals surface area contributed by atoms with E-state index >= 15 is 0 Å². The Labute approximate surface area is 225 Å². The van der Waals surface area contributed by atoms with Crippen LogP contribution in [-0.4, -0.2) is 25.4 Å². The predicted molar refractivity (Wildman–Crippen MR) is 141 cm³/mol. The Kier molecular flexibility index (Phi) is 5.58. The Balaban J connectivity index is 1.09. The van der Waals surface area contributed by atoms with Gasteiger partial charge in [-0.25, -0.2) is 4.52 Å². The number of hydrogen-bond acceptors (Lipinski definition) is 5. The summed E-state index contributed by atoms with van der Waals surface area (Å²) in [6.07, 6.45) is 15.4. The van der Waals surface area contributed by atoms with Gasteiger partial charge in [-0.1, -0.05) is 40.2 Å². The maximum atomic E-state index is 6.75. The van der Waals surface area contributed by atoms with E-state index in [2.05, 4.69) is 33.1 Å². The molecule has 4 aliphatic rings. The fraction of sp³-hybridized carbons (Fsp3) is 0.414. The summed E-state index contributed by atoms with van der Waals surface area (Å²) < 4.78 is 14.4. The molecule has 0 N–H and O–H groups in total. The molecule has 6 nitrogen and oxygen atoms in total. The Hall–Kier alpha value is -2.85. The fourth-order valence-electron chi connectivity index (χ4n) is 5.95. The van der Waals surface area contributed by atoms with Crippen LogP contribution in [0.1, 0.15) is 74.2 Å². The van der Waals surface area contributed by atoms with Crippen LogP contribution in [0.4, 0.5) is 0 Å². The monoisotopic (exact) mass is 532 g/mol. The zero-order valence-corrected chi connectivity index (χ0v) is 21.9. The van der Waals surface area contributed by atoms with E-state index in [9.17, 15) is 0 Å². The lowest BCUT2D eigenvalue weighted by Gasteiger charge is -2.51. The molecule has 2 bridgehead atoms. The molecule has 188 valence electrons. The minimum atomic E-state index is -0.124. The molecule has 0 aliphatic heterocycles. The smallest absolute Gasteiger partial charge is 0.145 e. The van der Waals surface area contributed by atoms with Crippen LogP contribution in [0.5, 0.6) is 0 Å². The quantitative estimate of drug-likeness (QED) is 0.253. The van der Waals surface area contributed by atoms with Gasteiger partial charge in [0.25, 0.3) is 0 Å². The first kappa shape index (κ1) is 23.3. The number of halogens is 2. The van der Waals surface area contributed by atoms with E-state index in [1.165, 1.54) is 0 Å². The van der Waals surface area contributed by atoms with Gasteiger partial charge < -0.3 is 9.26 Å². The van der Waals surface area contributed by atoms with Crippen molar-refractivity contribution in [3.05, 3.63) is 69.9 Å². The number of fused-ring (bicyclic) bond motifs is 4. The van der Waals surface area contributed by atoms with Gasteiger partial charge in [0, 0.05) is 52.8 Å². The zero-order valence-electron chi connectivity index (χ0n) is 20.3. The molecule has 4 aromatic rings. The van der Waals surface area contributed by atoms with Crippen LogP contribution >= 0.6 is 23.2 Å². The highest BCUT2D eigenvalue weighted by Crippen LogP contribution is 2.54. The molecule has 4 heterocycles. The van der Waals surface area contributed by atoms with Crippen LogP contribution in [0.25, 0.3) is 16.8 Å². The average Bonchev–Trinajstić information content (AvgIpc) is 3.51. The second kappa shape index (κ2) is 8.87. The van der Waals surface area contributed by atoms with E-state index in [0.717, 1.165) is 73.8 Å². The van der Waals surface area contributed by atoms with Gasteiger partial charge in [-0.2, -0.15) is 5.10 Å². The van der Waals surface area contributed by atoms with Gasteiger partial charge in [0.1, 0.15) is 11.5 Å². The molecule has 0 aromatic carbocycles. The fourth-order valence-corrected chi connectivity index (χ4v) is 6.49. The first-order valence-corrected chi connectivity index (χ1v) is 13.7. The molecule has 37 heavy (non-hydrogen) atoms. The Morgan fingerprint density at radius 3 is 2.54 bits per heavy atom. The topological polar surface area (TPSA) is 65.5 Å². The summed E-state index contributed by atoms with van der Waals surface area (Å²) in [7, 11) is 0. The summed E-state index contributed by atoms with van der Waals surface area (Å²) in [5, 5.41) is 9.60. The molecular formula is C29H26Cl2N4O2. The maximum Gasteiger partial charge on any atom is 0.145 e. The Morgan fingerprint density at radius 1 is 1.05 bits per heavy atom. The van der Waals surface area contributed by atoms with Crippen molar-refractivity contribution in [3.63, 3.8) is 0 Å². The molecular weight excluding hydrogens is 507 g/mol. The van der Waals surface area contributed by atoms with Crippen molar-refractivity contribution in [2.24, 2.45) is 5.41 Å². The van der Waals surface area contributed by atoms with Gasteiger partial charge in [0.15, 0.2) is 0 Å². The first-order chi connectivity index (χ1) is 18.0. The lowest BCUT2D eigenvalue weighted by Crippen LogP contribution is -2.47. The molecule has 4 saturated carbocycles. The van der Waals surface area contributed by atoms with Gasteiger partial charge in [-0.05, 0) is 69.6 Å². The van der Waals surface area contributed by atoms with Crippen molar-refractivity contribution in [2.45, 2.75) is 69.5 Å². The zero-order chi connectivity index (χ0) is 25.0. The highest BCUT2D eigenvalue weighted by Gasteiger charge is 2.49. The highest BCUT2D eigenvalue weighted by atomic mass is 35.5. The van der Waals surface area contributed by atoms with E-state index in [4.69, 9.17) is 32.5 Å². The molecule has 4 aliphatic carbocycles. The summed E-state index contributed by atoms with van der Waals surface area (Å²) in [4.78, 5) is 4.09. The van der Waals surface area contributed by atoms with Crippen LogP contribution in [-0.2, 0) is 11.3 Å². The molecule has 8 rings (SSSR count). The van der Waals surface area contributed by atoms with Crippen molar-refractivity contribution in [2.75, 3.05) is 0 Å². The molecule has 0 saturated heterocycles. The largest absolute Gasteiger partial charge is 0.370 e. The van der Waals surface area contributed by atoms with E-state index in [-0.39, 0.29) is 11.0 Å². The van der Waals surface area contributed by atoms with E-state index in [1.54, 1.807) is 12.4 Å². The number of ether oxygens (including phenoxy) is 1. The molecule has 0 radical (unpaired) electrons. The third kappa shape index (κ3) is 4.24. The van der Waals surface area contributed by atoms with Crippen molar-refractivity contribution >= 4 is 28.7 Å². The Bertz CT molecular complexity index is 1510. The van der Waals surface area contributed by atoms with Crippen LogP contribution in [0.2, 0.25) is 10.0 Å². The third-order valence-electron chi connectivity index (χ3n) is 8.43. The normalized spacial score (nSPS) is 24.8. The van der Waals surface area contributed by atoms with E-state index in [1.807, 2.05) is 29.0 Å². The van der Waals surface area contributed by atoms with Gasteiger partial charge in [0.05, 0.1) is 27.8 Å².